The minimum atomic E-state index is -4.21. The molecule has 2 aromatic rings. The summed E-state index contributed by atoms with van der Waals surface area (Å²) in [7, 11) is 0. The Morgan fingerprint density at radius 1 is 1.37 bits per heavy atom. The first-order valence-corrected chi connectivity index (χ1v) is 12.1. The lowest BCUT2D eigenvalue weighted by Crippen LogP contribution is -2.39. The van der Waals surface area contributed by atoms with Gasteiger partial charge >= 0.3 is 5.51 Å². The van der Waals surface area contributed by atoms with E-state index < -0.39 is 5.51 Å². The third kappa shape index (κ3) is 6.45. The van der Waals surface area contributed by atoms with Crippen LogP contribution in [0.5, 0.6) is 0 Å². The van der Waals surface area contributed by atoms with Gasteiger partial charge in [0.25, 0.3) is 0 Å². The zero-order chi connectivity index (χ0) is 21.7. The molecule has 168 valence electrons. The monoisotopic (exact) mass is 462 g/mol. The normalized spacial score (nSPS) is 20.7. The second-order valence-corrected chi connectivity index (χ2v) is 10.1. The maximum atomic E-state index is 12.3. The number of hydrogen-bond acceptors (Lipinski definition) is 6. The van der Waals surface area contributed by atoms with Gasteiger partial charge in [-0.3, -0.25) is 9.58 Å². The number of aromatic nitrogens is 3. The van der Waals surface area contributed by atoms with Crippen LogP contribution >= 0.6 is 23.1 Å². The van der Waals surface area contributed by atoms with Crippen LogP contribution in [0.4, 0.5) is 13.2 Å². The fraction of sp³-hybridized carbons (Fsp3) is 0.700. The minimum absolute atomic E-state index is 0.0342. The van der Waals surface area contributed by atoms with Crippen LogP contribution in [0, 0.1) is 0 Å². The minimum Gasteiger partial charge on any atom is -0.396 e. The third-order valence-corrected chi connectivity index (χ3v) is 7.64. The third-order valence-electron chi connectivity index (χ3n) is 5.57. The Bertz CT molecular complexity index is 808. The molecular weight excluding hydrogens is 433 g/mol. The molecule has 1 N–H and O–H groups in total. The molecule has 30 heavy (non-hydrogen) atoms. The van der Waals surface area contributed by atoms with Crippen molar-refractivity contribution in [1.82, 2.24) is 19.9 Å². The molecule has 3 rings (SSSR count). The summed E-state index contributed by atoms with van der Waals surface area (Å²) in [5.74, 6) is 0.439. The van der Waals surface area contributed by atoms with Gasteiger partial charge in [0, 0.05) is 47.3 Å². The van der Waals surface area contributed by atoms with Crippen molar-refractivity contribution in [3.63, 3.8) is 0 Å². The highest BCUT2D eigenvalue weighted by Gasteiger charge is 2.29. The van der Waals surface area contributed by atoms with Crippen molar-refractivity contribution in [2.45, 2.75) is 70.1 Å². The van der Waals surface area contributed by atoms with Gasteiger partial charge in [0.05, 0.1) is 12.2 Å². The van der Waals surface area contributed by atoms with Crippen LogP contribution < -0.4 is 0 Å². The van der Waals surface area contributed by atoms with Crippen molar-refractivity contribution in [3.05, 3.63) is 33.3 Å². The van der Waals surface area contributed by atoms with Crippen LogP contribution in [0.15, 0.2) is 12.3 Å². The molecule has 3 heterocycles. The highest BCUT2D eigenvalue weighted by molar-refractivity contribution is 8.00. The van der Waals surface area contributed by atoms with Crippen molar-refractivity contribution in [3.8, 4) is 0 Å². The van der Waals surface area contributed by atoms with E-state index >= 15 is 0 Å². The van der Waals surface area contributed by atoms with Gasteiger partial charge in [0.2, 0.25) is 0 Å². The molecular formula is C20H29F3N4OS2. The zero-order valence-corrected chi connectivity index (χ0v) is 19.0. The number of halogens is 3. The summed E-state index contributed by atoms with van der Waals surface area (Å²) >= 11 is 1.79. The molecule has 0 bridgehead atoms. The van der Waals surface area contributed by atoms with Crippen LogP contribution in [0.1, 0.15) is 53.6 Å². The number of rotatable bonds is 9. The molecule has 0 aliphatic carbocycles. The molecule has 1 aliphatic heterocycles. The van der Waals surface area contributed by atoms with Crippen molar-refractivity contribution >= 4 is 23.1 Å². The summed E-state index contributed by atoms with van der Waals surface area (Å²) in [5, 5.41) is 17.5. The molecule has 5 nitrogen and oxygen atoms in total. The molecule has 0 saturated carbocycles. The van der Waals surface area contributed by atoms with Gasteiger partial charge in [0.1, 0.15) is 0 Å². The summed E-state index contributed by atoms with van der Waals surface area (Å²) in [4.78, 5) is 5.07. The van der Waals surface area contributed by atoms with Crippen LogP contribution in [0.3, 0.4) is 0 Å². The van der Waals surface area contributed by atoms with Gasteiger partial charge in [-0.25, -0.2) is 0 Å². The van der Waals surface area contributed by atoms with Gasteiger partial charge < -0.3 is 5.11 Å². The van der Waals surface area contributed by atoms with Crippen molar-refractivity contribution < 1.29 is 18.3 Å². The molecule has 0 amide bonds. The molecule has 0 spiro atoms. The van der Waals surface area contributed by atoms with Gasteiger partial charge in [0.15, 0.2) is 0 Å². The zero-order valence-electron chi connectivity index (χ0n) is 17.4. The van der Waals surface area contributed by atoms with E-state index in [1.54, 1.807) is 6.20 Å². The Morgan fingerprint density at radius 2 is 2.17 bits per heavy atom. The second kappa shape index (κ2) is 10.5. The Labute approximate surface area is 183 Å². The molecule has 1 unspecified atom stereocenters. The first kappa shape index (κ1) is 23.6. The van der Waals surface area contributed by atoms with E-state index in [9.17, 15) is 18.3 Å². The predicted octanol–water partition coefficient (Wildman–Crippen LogP) is 4.46. The Kier molecular flexibility index (Phi) is 8.23. The number of hydrogen-bond donors (Lipinski definition) is 1. The molecule has 2 atom stereocenters. The second-order valence-electron chi connectivity index (χ2n) is 7.73. The van der Waals surface area contributed by atoms with Crippen LogP contribution in [-0.4, -0.2) is 55.5 Å². The molecule has 1 aliphatic rings. The molecule has 2 aromatic heterocycles. The van der Waals surface area contributed by atoms with Crippen molar-refractivity contribution in [2.75, 3.05) is 18.9 Å². The lowest BCUT2D eigenvalue weighted by Gasteiger charge is -2.37. The fourth-order valence-electron chi connectivity index (χ4n) is 4.04. The van der Waals surface area contributed by atoms with Gasteiger partial charge in [-0.2, -0.15) is 13.2 Å². The first-order valence-electron chi connectivity index (χ1n) is 10.3. The summed E-state index contributed by atoms with van der Waals surface area (Å²) < 4.78 is 38.3. The maximum Gasteiger partial charge on any atom is 0.441 e. The molecule has 10 heteroatoms. The van der Waals surface area contributed by atoms with Crippen molar-refractivity contribution in [1.29, 1.82) is 0 Å². The lowest BCUT2D eigenvalue weighted by atomic mass is 9.85. The van der Waals surface area contributed by atoms with E-state index in [1.807, 2.05) is 11.3 Å². The van der Waals surface area contributed by atoms with Gasteiger partial charge in [-0.1, -0.05) is 12.1 Å². The Morgan fingerprint density at radius 3 is 2.83 bits per heavy atom. The van der Waals surface area contributed by atoms with Crippen LogP contribution in [0.2, 0.25) is 0 Å². The van der Waals surface area contributed by atoms with E-state index in [1.165, 1.54) is 20.0 Å². The van der Waals surface area contributed by atoms with E-state index in [-0.39, 0.29) is 30.7 Å². The van der Waals surface area contributed by atoms with E-state index in [2.05, 4.69) is 35.1 Å². The average molecular weight is 463 g/mol. The summed E-state index contributed by atoms with van der Waals surface area (Å²) in [6.45, 7) is 6.36. The van der Waals surface area contributed by atoms with Gasteiger partial charge in [-0.15, -0.1) is 16.4 Å². The number of thioether (sulfide) groups is 1. The number of piperidine rings is 1. The van der Waals surface area contributed by atoms with E-state index in [4.69, 9.17) is 0 Å². The number of aliphatic hydroxyl groups excluding tert-OH is 1. The highest BCUT2D eigenvalue weighted by Crippen LogP contribution is 2.38. The molecule has 1 saturated heterocycles. The molecule has 0 aromatic carbocycles. The molecule has 0 radical (unpaired) electrons. The van der Waals surface area contributed by atoms with E-state index in [0.29, 0.717) is 18.5 Å². The smallest absolute Gasteiger partial charge is 0.396 e. The molecule has 1 fully saturated rings. The van der Waals surface area contributed by atoms with Crippen LogP contribution in [0.25, 0.3) is 0 Å². The topological polar surface area (TPSA) is 54.2 Å². The fourth-order valence-corrected chi connectivity index (χ4v) is 5.73. The number of nitrogens with zero attached hydrogens (tertiary/aromatic N) is 4. The quantitative estimate of drug-likeness (QED) is 0.596. The summed E-state index contributed by atoms with van der Waals surface area (Å²) in [5.41, 5.74) is -2.01. The number of thiophene rings is 1. The SMILES string of the molecule is CCc1cc(C2CCN(Cc3cn(CCSC(F)(F)F)nn3)[C@@H](C)C2)c(CCO)s1. The number of alkyl halides is 3. The standard InChI is InChI=1S/C20H29F3N4OS2/c1-3-17-11-18(19(30-17)5-8-28)15-4-6-26(14(2)10-15)12-16-13-27(25-24-16)7-9-29-20(21,22)23/h11,13-15,28H,3-10,12H2,1-2H3/t14-,15?/m0/s1. The van der Waals surface area contributed by atoms with Crippen LogP contribution in [-0.2, 0) is 25.9 Å². The van der Waals surface area contributed by atoms with Gasteiger partial charge in [-0.05, 0) is 62.0 Å². The lowest BCUT2D eigenvalue weighted by molar-refractivity contribution is -0.0328. The maximum absolute atomic E-state index is 12.3. The predicted molar refractivity (Wildman–Crippen MR) is 115 cm³/mol. The summed E-state index contributed by atoms with van der Waals surface area (Å²) in [6, 6.07) is 2.70. The first-order chi connectivity index (χ1) is 14.3. The largest absolute Gasteiger partial charge is 0.441 e. The number of aryl methyl sites for hydroxylation is 2. The highest BCUT2D eigenvalue weighted by atomic mass is 32.2. The number of likely N-dealkylation sites (tertiary alicyclic amines) is 1. The van der Waals surface area contributed by atoms with Crippen molar-refractivity contribution in [2.24, 2.45) is 0 Å². The average Bonchev–Trinajstić information content (AvgIpc) is 3.29. The Hall–Kier alpha value is -1.10. The van der Waals surface area contributed by atoms with E-state index in [0.717, 1.165) is 37.9 Å². The number of aliphatic hydroxyl groups is 1. The Balaban J connectivity index is 1.54. The summed E-state index contributed by atoms with van der Waals surface area (Å²) in [6.07, 6.45) is 5.61.